The summed E-state index contributed by atoms with van der Waals surface area (Å²) in [6, 6.07) is 9.07. The second kappa shape index (κ2) is 14.5. The third-order valence-electron chi connectivity index (χ3n) is 3.93. The van der Waals surface area contributed by atoms with Gasteiger partial charge in [-0.05, 0) is 29.8 Å². The number of carbonyl (C=O) groups is 1. The molecule has 2 aromatic rings. The Morgan fingerprint density at radius 1 is 1.20 bits per heavy atom. The summed E-state index contributed by atoms with van der Waals surface area (Å²) in [5.41, 5.74) is 0.873. The summed E-state index contributed by atoms with van der Waals surface area (Å²) in [5.74, 6) is 1.34. The highest BCUT2D eigenvalue weighted by atomic mass is 127. The van der Waals surface area contributed by atoms with Crippen molar-refractivity contribution in [3.05, 3.63) is 58.0 Å². The van der Waals surface area contributed by atoms with Crippen molar-refractivity contribution >= 4 is 59.0 Å². The number of hydrogen-bond donors (Lipinski definition) is 2. The van der Waals surface area contributed by atoms with Crippen molar-refractivity contribution in [3.63, 3.8) is 0 Å². The van der Waals surface area contributed by atoms with Gasteiger partial charge in [-0.3, -0.25) is 4.79 Å². The van der Waals surface area contributed by atoms with Crippen LogP contribution in [0.4, 0.5) is 0 Å². The summed E-state index contributed by atoms with van der Waals surface area (Å²) in [6.07, 6.45) is 2.35. The Kier molecular flexibility index (Phi) is 12.8. The van der Waals surface area contributed by atoms with E-state index in [1.807, 2.05) is 18.2 Å². The Morgan fingerprint density at radius 2 is 1.97 bits per heavy atom. The summed E-state index contributed by atoms with van der Waals surface area (Å²) >= 11 is 12.0. The number of halogens is 3. The molecule has 1 heterocycles. The first-order chi connectivity index (χ1) is 14.0. The molecule has 0 unspecified atom stereocenters. The fourth-order valence-electron chi connectivity index (χ4n) is 2.28. The van der Waals surface area contributed by atoms with Gasteiger partial charge in [-0.2, -0.15) is 0 Å². The van der Waals surface area contributed by atoms with Gasteiger partial charge in [0.2, 0.25) is 5.91 Å². The first-order valence-corrected chi connectivity index (χ1v) is 9.97. The van der Waals surface area contributed by atoms with E-state index in [1.54, 1.807) is 32.5 Å². The SMILES string of the molecule is CN(C)C(=O)CN=C(NCCOCc1ccc(Cl)cc1Cl)NCCc1ccco1.I. The standard InChI is InChI=1S/C20H26Cl2N4O3.HI/c1-26(2)19(27)13-25-20(23-8-7-17-4-3-10-29-17)24-9-11-28-14-15-5-6-16(21)12-18(15)22;/h3-6,10,12H,7-9,11,13-14H2,1-2H3,(H2,23,24,25);1H. The van der Waals surface area contributed by atoms with Crippen molar-refractivity contribution in [1.82, 2.24) is 15.5 Å². The fourth-order valence-corrected chi connectivity index (χ4v) is 2.75. The molecule has 0 saturated heterocycles. The predicted octanol–water partition coefficient (Wildman–Crippen LogP) is 3.59. The van der Waals surface area contributed by atoms with E-state index in [0.29, 0.717) is 48.7 Å². The lowest BCUT2D eigenvalue weighted by molar-refractivity contribution is -0.127. The van der Waals surface area contributed by atoms with Gasteiger partial charge in [0.05, 0.1) is 19.5 Å². The van der Waals surface area contributed by atoms with Gasteiger partial charge >= 0.3 is 0 Å². The molecule has 7 nitrogen and oxygen atoms in total. The van der Waals surface area contributed by atoms with Crippen molar-refractivity contribution in [2.24, 2.45) is 4.99 Å². The first kappa shape index (κ1) is 26.5. The van der Waals surface area contributed by atoms with Crippen LogP contribution in [0.3, 0.4) is 0 Å². The number of hydrogen-bond acceptors (Lipinski definition) is 4. The van der Waals surface area contributed by atoms with Crippen LogP contribution in [0.5, 0.6) is 0 Å². The number of ether oxygens (including phenoxy) is 1. The van der Waals surface area contributed by atoms with Crippen LogP contribution in [0.15, 0.2) is 46.0 Å². The molecule has 0 atom stereocenters. The van der Waals surface area contributed by atoms with E-state index < -0.39 is 0 Å². The molecule has 30 heavy (non-hydrogen) atoms. The van der Waals surface area contributed by atoms with Crippen LogP contribution in [0.2, 0.25) is 10.0 Å². The lowest BCUT2D eigenvalue weighted by Gasteiger charge is -2.14. The highest BCUT2D eigenvalue weighted by Gasteiger charge is 2.06. The largest absolute Gasteiger partial charge is 0.469 e. The van der Waals surface area contributed by atoms with E-state index in [-0.39, 0.29) is 36.4 Å². The summed E-state index contributed by atoms with van der Waals surface area (Å²) < 4.78 is 11.0. The quantitative estimate of drug-likeness (QED) is 0.198. The number of aliphatic imine (C=N–C) groups is 1. The molecule has 2 N–H and O–H groups in total. The Labute approximate surface area is 204 Å². The zero-order chi connectivity index (χ0) is 21.1. The first-order valence-electron chi connectivity index (χ1n) is 9.22. The number of guanidine groups is 1. The Balaban J connectivity index is 0.00000450. The van der Waals surface area contributed by atoms with Crippen LogP contribution < -0.4 is 10.6 Å². The third kappa shape index (κ3) is 10.0. The Hall–Kier alpha value is -1.49. The maximum atomic E-state index is 11.8. The van der Waals surface area contributed by atoms with Gasteiger partial charge in [0.15, 0.2) is 5.96 Å². The van der Waals surface area contributed by atoms with Crippen LogP contribution in [0.1, 0.15) is 11.3 Å². The minimum atomic E-state index is -0.0780. The molecule has 1 aromatic carbocycles. The number of benzene rings is 1. The molecule has 10 heteroatoms. The van der Waals surface area contributed by atoms with Crippen LogP contribution in [-0.4, -0.2) is 57.1 Å². The molecule has 0 aliphatic rings. The van der Waals surface area contributed by atoms with E-state index in [4.69, 9.17) is 32.4 Å². The second-order valence-electron chi connectivity index (χ2n) is 6.42. The molecular weight excluding hydrogens is 542 g/mol. The molecule has 1 amide bonds. The van der Waals surface area contributed by atoms with Crippen LogP contribution in [0.25, 0.3) is 0 Å². The molecule has 0 bridgehead atoms. The summed E-state index contributed by atoms with van der Waals surface area (Å²) in [6.45, 7) is 2.03. The van der Waals surface area contributed by atoms with Gasteiger partial charge in [-0.1, -0.05) is 29.3 Å². The van der Waals surface area contributed by atoms with Gasteiger partial charge in [0.25, 0.3) is 0 Å². The topological polar surface area (TPSA) is 79.1 Å². The fraction of sp³-hybridized carbons (Fsp3) is 0.400. The molecule has 0 saturated carbocycles. The smallest absolute Gasteiger partial charge is 0.243 e. The molecule has 1 aromatic heterocycles. The summed E-state index contributed by atoms with van der Waals surface area (Å²) in [7, 11) is 3.40. The zero-order valence-electron chi connectivity index (χ0n) is 17.0. The van der Waals surface area contributed by atoms with Crippen molar-refractivity contribution in [2.45, 2.75) is 13.0 Å². The van der Waals surface area contributed by atoms with E-state index in [9.17, 15) is 4.79 Å². The molecular formula is C20H27Cl2IN4O3. The van der Waals surface area contributed by atoms with Gasteiger partial charge in [-0.15, -0.1) is 24.0 Å². The number of furan rings is 1. The summed E-state index contributed by atoms with van der Waals surface area (Å²) in [5, 5.41) is 7.53. The van der Waals surface area contributed by atoms with Gasteiger partial charge in [0, 0.05) is 43.7 Å². The number of amides is 1. The zero-order valence-corrected chi connectivity index (χ0v) is 20.8. The highest BCUT2D eigenvalue weighted by Crippen LogP contribution is 2.21. The van der Waals surface area contributed by atoms with E-state index in [1.165, 1.54) is 4.90 Å². The number of rotatable bonds is 10. The maximum Gasteiger partial charge on any atom is 0.243 e. The molecule has 0 radical (unpaired) electrons. The molecule has 2 rings (SSSR count). The lowest BCUT2D eigenvalue weighted by Crippen LogP contribution is -2.40. The predicted molar refractivity (Wildman–Crippen MR) is 131 cm³/mol. The molecule has 0 spiro atoms. The minimum Gasteiger partial charge on any atom is -0.469 e. The highest BCUT2D eigenvalue weighted by molar-refractivity contribution is 14.0. The average Bonchev–Trinajstić information content (AvgIpc) is 3.19. The number of nitrogens with one attached hydrogen (secondary N) is 2. The number of carbonyl (C=O) groups excluding carboxylic acids is 1. The minimum absolute atomic E-state index is 0. The van der Waals surface area contributed by atoms with Gasteiger partial charge in [0.1, 0.15) is 12.3 Å². The van der Waals surface area contributed by atoms with E-state index >= 15 is 0 Å². The third-order valence-corrected chi connectivity index (χ3v) is 4.51. The van der Waals surface area contributed by atoms with Crippen LogP contribution in [0, 0.1) is 0 Å². The molecule has 0 fully saturated rings. The number of likely N-dealkylation sites (N-methyl/N-ethyl adjacent to an activating group) is 1. The van der Waals surface area contributed by atoms with Crippen molar-refractivity contribution in [1.29, 1.82) is 0 Å². The van der Waals surface area contributed by atoms with Gasteiger partial charge in [-0.25, -0.2) is 4.99 Å². The van der Waals surface area contributed by atoms with Crippen molar-refractivity contribution in [2.75, 3.05) is 40.3 Å². The number of nitrogens with zero attached hydrogens (tertiary/aromatic N) is 2. The monoisotopic (exact) mass is 568 g/mol. The lowest BCUT2D eigenvalue weighted by atomic mass is 10.2. The van der Waals surface area contributed by atoms with Crippen molar-refractivity contribution in [3.8, 4) is 0 Å². The maximum absolute atomic E-state index is 11.8. The molecule has 0 aliphatic heterocycles. The van der Waals surface area contributed by atoms with Crippen molar-refractivity contribution < 1.29 is 13.9 Å². The molecule has 166 valence electrons. The van der Waals surface area contributed by atoms with Crippen LogP contribution >= 0.6 is 47.2 Å². The van der Waals surface area contributed by atoms with E-state index in [0.717, 1.165) is 11.3 Å². The normalized spacial score (nSPS) is 11.0. The van der Waals surface area contributed by atoms with E-state index in [2.05, 4.69) is 15.6 Å². The summed E-state index contributed by atoms with van der Waals surface area (Å²) in [4.78, 5) is 17.6. The van der Waals surface area contributed by atoms with Gasteiger partial charge < -0.3 is 24.7 Å². The molecule has 0 aliphatic carbocycles. The second-order valence-corrected chi connectivity index (χ2v) is 7.27. The Bertz CT molecular complexity index is 801. The average molecular weight is 569 g/mol. The Morgan fingerprint density at radius 3 is 2.63 bits per heavy atom. The van der Waals surface area contributed by atoms with Crippen LogP contribution in [-0.2, 0) is 22.6 Å².